The zero-order valence-electron chi connectivity index (χ0n) is 9.71. The second kappa shape index (κ2) is 4.09. The first-order chi connectivity index (χ1) is 7.92. The second-order valence-corrected chi connectivity index (χ2v) is 4.75. The molecule has 0 aromatic heterocycles. The number of hydrogen-bond donors (Lipinski definition) is 2. The molecule has 1 aliphatic heterocycles. The molecule has 2 rings (SSSR count). The van der Waals surface area contributed by atoms with Crippen LogP contribution in [-0.4, -0.2) is 31.6 Å². The molecule has 0 aliphatic carbocycles. The molecule has 0 saturated carbocycles. The fraction of sp³-hybridized carbons (Fsp3) is 0.333. The quantitative estimate of drug-likeness (QED) is 0.747. The van der Waals surface area contributed by atoms with Crippen LogP contribution in [0.2, 0.25) is 0 Å². The summed E-state index contributed by atoms with van der Waals surface area (Å²) >= 11 is 5.27. The number of benzene rings is 1. The van der Waals surface area contributed by atoms with Gasteiger partial charge in [0.05, 0.1) is 5.56 Å². The Morgan fingerprint density at radius 3 is 2.65 bits per heavy atom. The number of phenols is 1. The van der Waals surface area contributed by atoms with Crippen LogP contribution in [0.5, 0.6) is 5.75 Å². The molecule has 0 spiro atoms. The fourth-order valence-corrected chi connectivity index (χ4v) is 2.32. The van der Waals surface area contributed by atoms with E-state index in [1.165, 1.54) is 5.01 Å². The van der Waals surface area contributed by atoms with E-state index < -0.39 is 5.72 Å². The number of phenolic OH excluding ortho intramolecular Hbond substituents is 1. The lowest BCUT2D eigenvalue weighted by Gasteiger charge is -2.29. The van der Waals surface area contributed by atoms with Crippen LogP contribution in [-0.2, 0) is 0 Å². The van der Waals surface area contributed by atoms with E-state index in [0.29, 0.717) is 17.0 Å². The van der Waals surface area contributed by atoms with Gasteiger partial charge in [0.2, 0.25) is 0 Å². The Hall–Kier alpha value is -1.46. The molecule has 2 N–H and O–H groups in total. The monoisotopic (exact) mass is 250 g/mol. The standard InChI is InChI=1S/C12H14N2O2S/c1-8-7-12(2,16)14(13-8)11(17)9-5-3-4-6-10(9)15/h3-6,15-16H,7H2,1-2H3/t12-/m0/s1. The minimum atomic E-state index is -1.12. The van der Waals surface area contributed by atoms with Crippen LogP contribution in [0.25, 0.3) is 0 Å². The summed E-state index contributed by atoms with van der Waals surface area (Å²) in [6, 6.07) is 6.76. The molecule has 0 amide bonds. The van der Waals surface area contributed by atoms with Crippen molar-refractivity contribution >= 4 is 22.9 Å². The normalized spacial score (nSPS) is 23.7. The number of thiocarbonyl (C=S) groups is 1. The van der Waals surface area contributed by atoms with Crippen molar-refractivity contribution in [2.45, 2.75) is 26.0 Å². The molecule has 0 fully saturated rings. The molecule has 0 bridgehead atoms. The summed E-state index contributed by atoms with van der Waals surface area (Å²) in [5.74, 6) is 0.0908. The Morgan fingerprint density at radius 1 is 1.47 bits per heavy atom. The fourth-order valence-electron chi connectivity index (χ4n) is 1.91. The topological polar surface area (TPSA) is 56.1 Å². The Bertz CT molecular complexity index is 497. The predicted octanol–water partition coefficient (Wildman–Crippen LogP) is 1.86. The van der Waals surface area contributed by atoms with Gasteiger partial charge in [0.1, 0.15) is 10.7 Å². The van der Waals surface area contributed by atoms with E-state index in [0.717, 1.165) is 5.71 Å². The molecule has 1 aliphatic rings. The van der Waals surface area contributed by atoms with Gasteiger partial charge in [-0.15, -0.1) is 0 Å². The van der Waals surface area contributed by atoms with Crippen LogP contribution in [0.15, 0.2) is 29.4 Å². The van der Waals surface area contributed by atoms with Crippen molar-refractivity contribution in [3.8, 4) is 5.75 Å². The van der Waals surface area contributed by atoms with E-state index in [-0.39, 0.29) is 5.75 Å². The first kappa shape index (κ1) is 12.0. The molecule has 1 aromatic carbocycles. The van der Waals surface area contributed by atoms with Gasteiger partial charge in [0.25, 0.3) is 0 Å². The maximum absolute atomic E-state index is 10.2. The lowest BCUT2D eigenvalue weighted by Crippen LogP contribution is -2.42. The van der Waals surface area contributed by atoms with Crippen molar-refractivity contribution in [3.05, 3.63) is 29.8 Å². The van der Waals surface area contributed by atoms with Crippen molar-refractivity contribution in [2.24, 2.45) is 5.10 Å². The summed E-state index contributed by atoms with van der Waals surface area (Å²) in [4.78, 5) is 0.324. The summed E-state index contributed by atoms with van der Waals surface area (Å²) < 4.78 is 0. The highest BCUT2D eigenvalue weighted by molar-refractivity contribution is 7.80. The lowest BCUT2D eigenvalue weighted by molar-refractivity contribution is -0.0311. The number of hydrazone groups is 1. The van der Waals surface area contributed by atoms with Gasteiger partial charge >= 0.3 is 0 Å². The molecule has 1 heterocycles. The summed E-state index contributed by atoms with van der Waals surface area (Å²) in [7, 11) is 0. The average molecular weight is 250 g/mol. The van der Waals surface area contributed by atoms with E-state index in [4.69, 9.17) is 12.2 Å². The highest BCUT2D eigenvalue weighted by atomic mass is 32.1. The first-order valence-electron chi connectivity index (χ1n) is 5.31. The van der Waals surface area contributed by atoms with Crippen molar-refractivity contribution in [1.82, 2.24) is 5.01 Å². The largest absolute Gasteiger partial charge is 0.507 e. The summed E-state index contributed by atoms with van der Waals surface area (Å²) in [6.07, 6.45) is 0.445. The second-order valence-electron chi connectivity index (χ2n) is 4.36. The van der Waals surface area contributed by atoms with Gasteiger partial charge < -0.3 is 10.2 Å². The molecule has 1 aromatic rings. The van der Waals surface area contributed by atoms with Gasteiger partial charge in [-0.05, 0) is 26.0 Å². The molecular formula is C12H14N2O2S. The molecular weight excluding hydrogens is 236 g/mol. The third-order valence-electron chi connectivity index (χ3n) is 2.64. The highest BCUT2D eigenvalue weighted by Crippen LogP contribution is 2.29. The average Bonchev–Trinajstić information content (AvgIpc) is 2.51. The number of para-hydroxylation sites is 1. The molecule has 0 unspecified atom stereocenters. The van der Waals surface area contributed by atoms with Gasteiger partial charge in [-0.2, -0.15) is 5.10 Å². The maximum Gasteiger partial charge on any atom is 0.161 e. The molecule has 4 nitrogen and oxygen atoms in total. The Kier molecular flexibility index (Phi) is 2.89. The smallest absolute Gasteiger partial charge is 0.161 e. The van der Waals surface area contributed by atoms with E-state index in [1.807, 2.05) is 6.92 Å². The van der Waals surface area contributed by atoms with E-state index in [9.17, 15) is 10.2 Å². The third kappa shape index (κ3) is 2.16. The zero-order chi connectivity index (χ0) is 12.6. The van der Waals surface area contributed by atoms with Gasteiger partial charge in [-0.1, -0.05) is 24.4 Å². The van der Waals surface area contributed by atoms with Gasteiger partial charge in [0.15, 0.2) is 5.72 Å². The summed E-state index contributed by atoms with van der Waals surface area (Å²) in [5, 5.41) is 25.5. The van der Waals surface area contributed by atoms with Crippen LogP contribution >= 0.6 is 12.2 Å². The van der Waals surface area contributed by atoms with Crippen LogP contribution in [0.3, 0.4) is 0 Å². The van der Waals surface area contributed by atoms with Gasteiger partial charge in [-0.3, -0.25) is 0 Å². The van der Waals surface area contributed by atoms with Crippen LogP contribution in [0.4, 0.5) is 0 Å². The number of rotatable bonds is 1. The zero-order valence-corrected chi connectivity index (χ0v) is 10.5. The molecule has 90 valence electrons. The Balaban J connectivity index is 2.36. The number of nitrogens with zero attached hydrogens (tertiary/aromatic N) is 2. The molecule has 5 heteroatoms. The van der Waals surface area contributed by atoms with Gasteiger partial charge in [-0.25, -0.2) is 5.01 Å². The molecule has 0 radical (unpaired) electrons. The minimum absolute atomic E-state index is 0.0908. The third-order valence-corrected chi connectivity index (χ3v) is 3.04. The summed E-state index contributed by atoms with van der Waals surface area (Å²) in [6.45, 7) is 3.49. The highest BCUT2D eigenvalue weighted by Gasteiger charge is 2.37. The van der Waals surface area contributed by atoms with Crippen molar-refractivity contribution in [2.75, 3.05) is 0 Å². The van der Waals surface area contributed by atoms with Crippen LogP contribution < -0.4 is 0 Å². The maximum atomic E-state index is 10.2. The van der Waals surface area contributed by atoms with Crippen LogP contribution in [0, 0.1) is 0 Å². The van der Waals surface area contributed by atoms with E-state index in [1.54, 1.807) is 31.2 Å². The Labute approximate surface area is 105 Å². The van der Waals surface area contributed by atoms with Crippen molar-refractivity contribution < 1.29 is 10.2 Å². The van der Waals surface area contributed by atoms with Crippen molar-refractivity contribution in [3.63, 3.8) is 0 Å². The minimum Gasteiger partial charge on any atom is -0.507 e. The lowest BCUT2D eigenvalue weighted by atomic mass is 10.1. The number of aromatic hydroxyl groups is 1. The Morgan fingerprint density at radius 2 is 2.12 bits per heavy atom. The van der Waals surface area contributed by atoms with Gasteiger partial charge in [0, 0.05) is 12.1 Å². The number of aliphatic hydroxyl groups is 1. The molecule has 17 heavy (non-hydrogen) atoms. The van der Waals surface area contributed by atoms with E-state index >= 15 is 0 Å². The molecule has 0 saturated heterocycles. The van der Waals surface area contributed by atoms with Crippen LogP contribution in [0.1, 0.15) is 25.8 Å². The summed E-state index contributed by atoms with van der Waals surface area (Å²) in [5.41, 5.74) is 0.192. The first-order valence-corrected chi connectivity index (χ1v) is 5.71. The van der Waals surface area contributed by atoms with E-state index in [2.05, 4.69) is 5.10 Å². The molecule has 1 atom stereocenters. The predicted molar refractivity (Wildman–Crippen MR) is 70.0 cm³/mol. The number of hydrogen-bond acceptors (Lipinski definition) is 4. The SMILES string of the molecule is CC1=NN(C(=S)c2ccccc2O)[C@@](C)(O)C1. The van der Waals surface area contributed by atoms with Crippen molar-refractivity contribution in [1.29, 1.82) is 0 Å².